The number of ether oxygens (including phenoxy) is 2. The molecule has 11 heteroatoms. The molecule has 2 amide bonds. The minimum Gasteiger partial charge on any atom is -0.497 e. The predicted octanol–water partition coefficient (Wildman–Crippen LogP) is 5.77. The normalized spacial score (nSPS) is 11.0. The van der Waals surface area contributed by atoms with E-state index in [-0.39, 0.29) is 38.9 Å². The molecule has 7 nitrogen and oxygen atoms in total. The number of alkyl halides is 3. The molecule has 35 heavy (non-hydrogen) atoms. The van der Waals surface area contributed by atoms with Crippen LogP contribution < -0.4 is 15.4 Å². The SMILES string of the molecule is CCOC(=O)c1c(NC(=O)c2ccc(OC)cc2)sc(C(=O)Nc2cccc(C(F)(F)F)c2)c1C. The molecule has 3 rings (SSSR count). The summed E-state index contributed by atoms with van der Waals surface area (Å²) in [7, 11) is 1.49. The summed E-state index contributed by atoms with van der Waals surface area (Å²) in [5, 5.41) is 5.11. The Morgan fingerprint density at radius 2 is 1.69 bits per heavy atom. The maximum atomic E-state index is 13.0. The van der Waals surface area contributed by atoms with Crippen LogP contribution in [0.2, 0.25) is 0 Å². The Morgan fingerprint density at radius 1 is 1.00 bits per heavy atom. The van der Waals surface area contributed by atoms with Crippen LogP contribution >= 0.6 is 11.3 Å². The molecule has 0 radical (unpaired) electrons. The number of benzene rings is 2. The van der Waals surface area contributed by atoms with E-state index in [0.29, 0.717) is 5.75 Å². The average Bonchev–Trinajstić information content (AvgIpc) is 3.14. The van der Waals surface area contributed by atoms with Crippen LogP contribution in [0.25, 0.3) is 0 Å². The van der Waals surface area contributed by atoms with E-state index < -0.39 is 29.5 Å². The van der Waals surface area contributed by atoms with Gasteiger partial charge in [-0.15, -0.1) is 11.3 Å². The molecular weight excluding hydrogens is 485 g/mol. The van der Waals surface area contributed by atoms with Crippen LogP contribution in [0.4, 0.5) is 23.9 Å². The Morgan fingerprint density at radius 3 is 2.29 bits per heavy atom. The summed E-state index contributed by atoms with van der Waals surface area (Å²) in [6, 6.07) is 10.4. The fourth-order valence-electron chi connectivity index (χ4n) is 3.15. The molecule has 0 saturated heterocycles. The zero-order chi connectivity index (χ0) is 25.8. The Balaban J connectivity index is 1.92. The van der Waals surface area contributed by atoms with Gasteiger partial charge in [0.25, 0.3) is 11.8 Å². The number of hydrogen-bond donors (Lipinski definition) is 2. The minimum atomic E-state index is -4.57. The molecule has 3 aromatic rings. The maximum Gasteiger partial charge on any atom is 0.416 e. The van der Waals surface area contributed by atoms with Gasteiger partial charge in [-0.1, -0.05) is 6.07 Å². The third-order valence-corrected chi connectivity index (χ3v) is 6.07. The zero-order valence-electron chi connectivity index (χ0n) is 18.9. The highest BCUT2D eigenvalue weighted by Crippen LogP contribution is 2.35. The first-order valence-corrected chi connectivity index (χ1v) is 11.1. The van der Waals surface area contributed by atoms with Crippen molar-refractivity contribution in [3.63, 3.8) is 0 Å². The second-order valence-electron chi connectivity index (χ2n) is 7.20. The second kappa shape index (κ2) is 10.6. The van der Waals surface area contributed by atoms with Crippen molar-refractivity contribution in [2.24, 2.45) is 0 Å². The van der Waals surface area contributed by atoms with Crippen molar-refractivity contribution in [1.29, 1.82) is 0 Å². The lowest BCUT2D eigenvalue weighted by atomic mass is 10.1. The summed E-state index contributed by atoms with van der Waals surface area (Å²) in [6.45, 7) is 3.16. The molecule has 1 aromatic heterocycles. The van der Waals surface area contributed by atoms with Gasteiger partial charge in [0.05, 0.1) is 29.7 Å². The topological polar surface area (TPSA) is 93.7 Å². The molecule has 0 aliphatic heterocycles. The van der Waals surface area contributed by atoms with Crippen LogP contribution in [0.5, 0.6) is 5.75 Å². The van der Waals surface area contributed by atoms with Gasteiger partial charge in [0.15, 0.2) is 0 Å². The quantitative estimate of drug-likeness (QED) is 0.397. The van der Waals surface area contributed by atoms with Crippen LogP contribution in [0.1, 0.15) is 48.4 Å². The van der Waals surface area contributed by atoms with Crippen LogP contribution in [-0.4, -0.2) is 31.5 Å². The number of methoxy groups -OCH3 is 1. The highest BCUT2D eigenvalue weighted by molar-refractivity contribution is 7.19. The monoisotopic (exact) mass is 506 g/mol. The van der Waals surface area contributed by atoms with Crippen LogP contribution in [0.3, 0.4) is 0 Å². The van der Waals surface area contributed by atoms with Gasteiger partial charge in [-0.3, -0.25) is 9.59 Å². The van der Waals surface area contributed by atoms with Gasteiger partial charge >= 0.3 is 12.1 Å². The fraction of sp³-hybridized carbons (Fsp3) is 0.208. The van der Waals surface area contributed by atoms with Crippen molar-refractivity contribution in [2.45, 2.75) is 20.0 Å². The predicted molar refractivity (Wildman–Crippen MR) is 125 cm³/mol. The van der Waals surface area contributed by atoms with Crippen molar-refractivity contribution < 1.29 is 37.0 Å². The molecule has 0 saturated carbocycles. The van der Waals surface area contributed by atoms with Crippen LogP contribution in [0, 0.1) is 6.92 Å². The van der Waals surface area contributed by atoms with Crippen molar-refractivity contribution >= 4 is 39.8 Å². The summed E-state index contributed by atoms with van der Waals surface area (Å²) in [5.74, 6) is -1.47. The van der Waals surface area contributed by atoms with E-state index >= 15 is 0 Å². The summed E-state index contributed by atoms with van der Waals surface area (Å²) >= 11 is 0.816. The number of carbonyl (C=O) groups excluding carboxylic acids is 3. The maximum absolute atomic E-state index is 13.0. The zero-order valence-corrected chi connectivity index (χ0v) is 19.7. The molecular formula is C24H21F3N2O5S. The van der Waals surface area contributed by atoms with Gasteiger partial charge in [-0.25, -0.2) is 4.79 Å². The molecule has 0 aliphatic rings. The Kier molecular flexibility index (Phi) is 7.80. The highest BCUT2D eigenvalue weighted by atomic mass is 32.1. The molecule has 2 N–H and O–H groups in total. The number of amides is 2. The number of halogens is 3. The minimum absolute atomic E-state index is 0.00657. The number of thiophene rings is 1. The van der Waals surface area contributed by atoms with E-state index in [1.807, 2.05) is 0 Å². The van der Waals surface area contributed by atoms with Crippen LogP contribution in [0.15, 0.2) is 48.5 Å². The number of nitrogens with one attached hydrogen (secondary N) is 2. The molecule has 184 valence electrons. The molecule has 0 atom stereocenters. The van der Waals surface area contributed by atoms with E-state index in [1.54, 1.807) is 19.1 Å². The Bertz CT molecular complexity index is 1250. The largest absolute Gasteiger partial charge is 0.497 e. The molecule has 0 spiro atoms. The van der Waals surface area contributed by atoms with Gasteiger partial charge < -0.3 is 20.1 Å². The molecule has 0 bridgehead atoms. The molecule has 0 aliphatic carbocycles. The molecule has 1 heterocycles. The van der Waals surface area contributed by atoms with Crippen molar-refractivity contribution in [3.05, 3.63) is 75.7 Å². The number of anilines is 2. The second-order valence-corrected chi connectivity index (χ2v) is 8.22. The van der Waals surface area contributed by atoms with Crippen molar-refractivity contribution in [2.75, 3.05) is 24.4 Å². The van der Waals surface area contributed by atoms with Gasteiger partial charge in [0.1, 0.15) is 10.8 Å². The Labute approximate surface area is 202 Å². The van der Waals surface area contributed by atoms with E-state index in [9.17, 15) is 27.6 Å². The van der Waals surface area contributed by atoms with E-state index in [0.717, 1.165) is 23.5 Å². The first-order chi connectivity index (χ1) is 16.5. The van der Waals surface area contributed by atoms with E-state index in [4.69, 9.17) is 9.47 Å². The lowest BCUT2D eigenvalue weighted by Crippen LogP contribution is -2.15. The third kappa shape index (κ3) is 5.99. The smallest absolute Gasteiger partial charge is 0.416 e. The van der Waals surface area contributed by atoms with Gasteiger partial charge in [-0.2, -0.15) is 13.2 Å². The summed E-state index contributed by atoms with van der Waals surface area (Å²) in [6.07, 6.45) is -4.57. The van der Waals surface area contributed by atoms with Gasteiger partial charge in [-0.05, 0) is 61.9 Å². The summed E-state index contributed by atoms with van der Waals surface area (Å²) in [5.41, 5.74) is -0.491. The summed E-state index contributed by atoms with van der Waals surface area (Å²) < 4.78 is 49.2. The number of rotatable bonds is 7. The van der Waals surface area contributed by atoms with Gasteiger partial charge in [0, 0.05) is 11.3 Å². The number of hydrogen-bond acceptors (Lipinski definition) is 6. The summed E-state index contributed by atoms with van der Waals surface area (Å²) in [4.78, 5) is 38.3. The Hall–Kier alpha value is -3.86. The standard InChI is InChI=1S/C24H21F3N2O5S/c1-4-34-23(32)18-13(2)19(21(31)28-16-7-5-6-15(12-16)24(25,26)27)35-22(18)29-20(30)14-8-10-17(33-3)11-9-14/h5-12H,4H2,1-3H3,(H,28,31)(H,29,30). The first kappa shape index (κ1) is 25.8. The molecule has 2 aromatic carbocycles. The van der Waals surface area contributed by atoms with E-state index in [1.165, 1.54) is 38.3 Å². The molecule has 0 fully saturated rings. The van der Waals surface area contributed by atoms with Gasteiger partial charge in [0.2, 0.25) is 0 Å². The van der Waals surface area contributed by atoms with Crippen molar-refractivity contribution in [1.82, 2.24) is 0 Å². The van der Waals surface area contributed by atoms with Crippen LogP contribution in [-0.2, 0) is 10.9 Å². The van der Waals surface area contributed by atoms with E-state index in [2.05, 4.69) is 10.6 Å². The molecule has 0 unspecified atom stereocenters. The number of esters is 1. The highest BCUT2D eigenvalue weighted by Gasteiger charge is 2.31. The fourth-order valence-corrected chi connectivity index (χ4v) is 4.23. The lowest BCUT2D eigenvalue weighted by Gasteiger charge is -2.09. The lowest BCUT2D eigenvalue weighted by molar-refractivity contribution is -0.137. The third-order valence-electron chi connectivity index (χ3n) is 4.86. The average molecular weight is 507 g/mol. The number of carbonyl (C=O) groups is 3. The first-order valence-electron chi connectivity index (χ1n) is 10.3. The van der Waals surface area contributed by atoms with Crippen molar-refractivity contribution in [3.8, 4) is 5.75 Å².